The molecule has 0 amide bonds. The molecule has 1 aromatic rings. The second kappa shape index (κ2) is 3.35. The third-order valence-electron chi connectivity index (χ3n) is 2.34. The Kier molecular flexibility index (Phi) is 2.31. The fourth-order valence-electron chi connectivity index (χ4n) is 1.69. The fraction of sp³-hybridized carbons (Fsp3) is 0.500. The van der Waals surface area contributed by atoms with Crippen LogP contribution in [0.4, 0.5) is 0 Å². The first-order valence-electron chi connectivity index (χ1n) is 4.56. The molecule has 0 fully saturated rings. The van der Waals surface area contributed by atoms with E-state index in [2.05, 4.69) is 0 Å². The number of carboxylic acids is 1. The second-order valence-electron chi connectivity index (χ2n) is 3.70. The van der Waals surface area contributed by atoms with E-state index in [0.29, 0.717) is 11.3 Å². The van der Waals surface area contributed by atoms with E-state index in [1.54, 1.807) is 11.8 Å². The molecule has 3 nitrogen and oxygen atoms in total. The van der Waals surface area contributed by atoms with Gasteiger partial charge in [0.2, 0.25) is 0 Å². The van der Waals surface area contributed by atoms with Gasteiger partial charge in [-0.3, -0.25) is 0 Å². The van der Waals surface area contributed by atoms with E-state index in [4.69, 9.17) is 9.52 Å². The minimum Gasteiger partial charge on any atom is -0.478 e. The van der Waals surface area contributed by atoms with E-state index < -0.39 is 5.97 Å². The molecule has 2 heterocycles. The molecule has 0 saturated heterocycles. The molecular weight excluding hydrogens is 200 g/mol. The number of carbonyl (C=O) groups is 1. The molecule has 1 aromatic heterocycles. The summed E-state index contributed by atoms with van der Waals surface area (Å²) in [5.74, 6) is 2.34. The van der Waals surface area contributed by atoms with Crippen molar-refractivity contribution in [1.29, 1.82) is 0 Å². The van der Waals surface area contributed by atoms with Crippen LogP contribution in [0.1, 0.15) is 47.2 Å². The Morgan fingerprint density at radius 2 is 2.21 bits per heavy atom. The van der Waals surface area contributed by atoms with Crippen molar-refractivity contribution in [3.63, 3.8) is 0 Å². The summed E-state index contributed by atoms with van der Waals surface area (Å²) in [5.41, 5.74) is 1.30. The summed E-state index contributed by atoms with van der Waals surface area (Å²) in [7, 11) is 0. The number of furan rings is 1. The van der Waals surface area contributed by atoms with Crippen LogP contribution in [0.5, 0.6) is 0 Å². The summed E-state index contributed by atoms with van der Waals surface area (Å²) >= 11 is 1.70. The molecule has 0 unspecified atom stereocenters. The van der Waals surface area contributed by atoms with Crippen LogP contribution in [0.3, 0.4) is 0 Å². The fourth-order valence-corrected chi connectivity index (χ4v) is 2.72. The molecule has 76 valence electrons. The Hall–Kier alpha value is -0.900. The van der Waals surface area contributed by atoms with Crippen LogP contribution in [-0.4, -0.2) is 11.1 Å². The summed E-state index contributed by atoms with van der Waals surface area (Å²) in [5, 5.41) is 9.10. The molecule has 0 radical (unpaired) electrons. The molecule has 1 aliphatic rings. The van der Waals surface area contributed by atoms with Crippen molar-refractivity contribution in [2.75, 3.05) is 0 Å². The van der Waals surface area contributed by atoms with Gasteiger partial charge in [0.1, 0.15) is 17.1 Å². The van der Waals surface area contributed by atoms with Gasteiger partial charge in [-0.15, -0.1) is 11.8 Å². The maximum atomic E-state index is 11.1. The average Bonchev–Trinajstić information content (AvgIpc) is 2.58. The zero-order valence-corrected chi connectivity index (χ0v) is 8.98. The molecule has 0 spiro atoms. The summed E-state index contributed by atoms with van der Waals surface area (Å²) in [4.78, 5) is 11.1. The standard InChI is InChI=1S/C10H12O3S/c1-5(2)9-8(10(11)12)6-3-14-4-7(6)13-9/h5H,3-4H2,1-2H3,(H,11,12). The van der Waals surface area contributed by atoms with E-state index in [1.807, 2.05) is 13.8 Å². The Labute approximate surface area is 86.5 Å². The summed E-state index contributed by atoms with van der Waals surface area (Å²) < 4.78 is 5.58. The zero-order chi connectivity index (χ0) is 10.3. The van der Waals surface area contributed by atoms with Crippen molar-refractivity contribution in [2.45, 2.75) is 31.3 Å². The van der Waals surface area contributed by atoms with E-state index in [9.17, 15) is 4.79 Å². The molecule has 0 atom stereocenters. The number of hydrogen-bond acceptors (Lipinski definition) is 3. The van der Waals surface area contributed by atoms with E-state index in [0.717, 1.165) is 22.8 Å². The Morgan fingerprint density at radius 1 is 1.50 bits per heavy atom. The second-order valence-corrected chi connectivity index (χ2v) is 4.68. The van der Waals surface area contributed by atoms with Gasteiger partial charge in [-0.2, -0.15) is 0 Å². The normalized spacial score (nSPS) is 14.8. The lowest BCUT2D eigenvalue weighted by atomic mass is 10.0. The molecular formula is C10H12O3S. The molecule has 1 aliphatic heterocycles. The third-order valence-corrected chi connectivity index (χ3v) is 3.29. The van der Waals surface area contributed by atoms with Gasteiger partial charge in [0.25, 0.3) is 0 Å². The van der Waals surface area contributed by atoms with Gasteiger partial charge in [-0.1, -0.05) is 13.8 Å². The van der Waals surface area contributed by atoms with Crippen LogP contribution in [0.2, 0.25) is 0 Å². The van der Waals surface area contributed by atoms with Crippen LogP contribution in [-0.2, 0) is 11.5 Å². The molecule has 0 aromatic carbocycles. The molecule has 0 saturated carbocycles. The number of hydrogen-bond donors (Lipinski definition) is 1. The number of fused-ring (bicyclic) bond motifs is 1. The molecule has 2 rings (SSSR count). The van der Waals surface area contributed by atoms with Crippen molar-refractivity contribution in [1.82, 2.24) is 0 Å². The van der Waals surface area contributed by atoms with Gasteiger partial charge in [0.05, 0.1) is 5.75 Å². The van der Waals surface area contributed by atoms with Gasteiger partial charge in [-0.25, -0.2) is 4.79 Å². The highest BCUT2D eigenvalue weighted by molar-refractivity contribution is 7.98. The number of rotatable bonds is 2. The van der Waals surface area contributed by atoms with E-state index in [-0.39, 0.29) is 5.92 Å². The minimum absolute atomic E-state index is 0.136. The first-order valence-corrected chi connectivity index (χ1v) is 5.72. The Morgan fingerprint density at radius 3 is 2.79 bits per heavy atom. The van der Waals surface area contributed by atoms with Crippen LogP contribution < -0.4 is 0 Å². The van der Waals surface area contributed by atoms with Gasteiger partial charge >= 0.3 is 5.97 Å². The first-order chi connectivity index (χ1) is 6.61. The number of aromatic carboxylic acids is 1. The summed E-state index contributed by atoms with van der Waals surface area (Å²) in [6.07, 6.45) is 0. The highest BCUT2D eigenvalue weighted by atomic mass is 32.2. The van der Waals surface area contributed by atoms with E-state index in [1.165, 1.54) is 0 Å². The molecule has 14 heavy (non-hydrogen) atoms. The quantitative estimate of drug-likeness (QED) is 0.819. The predicted molar refractivity (Wildman–Crippen MR) is 54.8 cm³/mol. The SMILES string of the molecule is CC(C)c1oc2c(c1C(=O)O)CSC2. The highest BCUT2D eigenvalue weighted by Crippen LogP contribution is 2.38. The smallest absolute Gasteiger partial charge is 0.339 e. The first kappa shape index (κ1) is 9.65. The van der Waals surface area contributed by atoms with Crippen molar-refractivity contribution in [2.24, 2.45) is 0 Å². The molecule has 0 bridgehead atoms. The minimum atomic E-state index is -0.860. The van der Waals surface area contributed by atoms with Crippen molar-refractivity contribution < 1.29 is 14.3 Å². The lowest BCUT2D eigenvalue weighted by molar-refractivity contribution is 0.0693. The van der Waals surface area contributed by atoms with Crippen LogP contribution >= 0.6 is 11.8 Å². The number of thioether (sulfide) groups is 1. The molecule has 4 heteroatoms. The molecule has 0 aliphatic carbocycles. The maximum absolute atomic E-state index is 11.1. The maximum Gasteiger partial charge on any atom is 0.339 e. The van der Waals surface area contributed by atoms with Gasteiger partial charge in [0.15, 0.2) is 0 Å². The van der Waals surface area contributed by atoms with Gasteiger partial charge < -0.3 is 9.52 Å². The third kappa shape index (κ3) is 1.34. The van der Waals surface area contributed by atoms with Crippen molar-refractivity contribution in [3.05, 3.63) is 22.6 Å². The monoisotopic (exact) mass is 212 g/mol. The highest BCUT2D eigenvalue weighted by Gasteiger charge is 2.29. The van der Waals surface area contributed by atoms with Crippen molar-refractivity contribution >= 4 is 17.7 Å². The average molecular weight is 212 g/mol. The van der Waals surface area contributed by atoms with Crippen LogP contribution in [0.15, 0.2) is 4.42 Å². The van der Waals surface area contributed by atoms with Gasteiger partial charge in [-0.05, 0) is 0 Å². The van der Waals surface area contributed by atoms with Crippen molar-refractivity contribution in [3.8, 4) is 0 Å². The lowest BCUT2D eigenvalue weighted by Crippen LogP contribution is -2.03. The number of carboxylic acid groups (broad SMARTS) is 1. The topological polar surface area (TPSA) is 50.4 Å². The summed E-state index contributed by atoms with van der Waals surface area (Å²) in [6, 6.07) is 0. The van der Waals surface area contributed by atoms with E-state index >= 15 is 0 Å². The zero-order valence-electron chi connectivity index (χ0n) is 8.16. The van der Waals surface area contributed by atoms with Crippen LogP contribution in [0.25, 0.3) is 0 Å². The largest absolute Gasteiger partial charge is 0.478 e. The molecule has 1 N–H and O–H groups in total. The van der Waals surface area contributed by atoms with Gasteiger partial charge in [0, 0.05) is 17.2 Å². The Bertz CT molecular complexity index is 379. The van der Waals surface area contributed by atoms with Crippen LogP contribution in [0, 0.1) is 0 Å². The lowest BCUT2D eigenvalue weighted by Gasteiger charge is -2.03. The summed E-state index contributed by atoms with van der Waals surface area (Å²) in [6.45, 7) is 3.90. The Balaban J connectivity index is 2.57. The predicted octanol–water partition coefficient (Wildman–Crippen LogP) is 2.85.